The Hall–Kier alpha value is -0.440. The van der Waals surface area contributed by atoms with Gasteiger partial charge in [0.25, 0.3) is 0 Å². The Morgan fingerprint density at radius 1 is 1.56 bits per heavy atom. The summed E-state index contributed by atoms with van der Waals surface area (Å²) in [5, 5.41) is 0.651. The fourth-order valence-electron chi connectivity index (χ4n) is 0.529. The molecule has 3 heteroatoms. The zero-order valence-electron chi connectivity index (χ0n) is 4.64. The Labute approximate surface area is 61.0 Å². The van der Waals surface area contributed by atoms with Crippen molar-refractivity contribution >= 4 is 15.9 Å². The molecule has 1 nitrogen and oxygen atoms in total. The molecule has 0 saturated heterocycles. The summed E-state index contributed by atoms with van der Waals surface area (Å²) in [6.45, 7) is 0. The monoisotopic (exact) mass is 189 g/mol. The van der Waals surface area contributed by atoms with Crippen molar-refractivity contribution in [2.45, 2.75) is 5.33 Å². The van der Waals surface area contributed by atoms with Gasteiger partial charge in [0.05, 0.1) is 6.20 Å². The van der Waals surface area contributed by atoms with Gasteiger partial charge >= 0.3 is 0 Å². The Kier molecular flexibility index (Phi) is 2.16. The smallest absolute Gasteiger partial charge is 0.141 e. The number of aromatic nitrogens is 1. The average molecular weight is 190 g/mol. The zero-order chi connectivity index (χ0) is 6.69. The highest BCUT2D eigenvalue weighted by Crippen LogP contribution is 2.04. The van der Waals surface area contributed by atoms with Crippen molar-refractivity contribution in [2.75, 3.05) is 0 Å². The highest BCUT2D eigenvalue weighted by Gasteiger charge is 1.91. The average Bonchev–Trinajstić information content (AvgIpc) is 1.88. The molecule has 0 aliphatic heterocycles. The van der Waals surface area contributed by atoms with E-state index in [1.54, 1.807) is 6.20 Å². The van der Waals surface area contributed by atoms with Crippen molar-refractivity contribution in [1.29, 1.82) is 0 Å². The van der Waals surface area contributed by atoms with Crippen LogP contribution in [0.1, 0.15) is 5.56 Å². The fraction of sp³-hybridized carbons (Fsp3) is 0.167. The molecule has 1 aromatic rings. The minimum Gasteiger partial charge on any atom is -0.261 e. The van der Waals surface area contributed by atoms with Crippen LogP contribution in [0.4, 0.5) is 4.39 Å². The number of rotatable bonds is 1. The van der Waals surface area contributed by atoms with Crippen molar-refractivity contribution < 1.29 is 4.39 Å². The number of hydrogen-bond acceptors (Lipinski definition) is 1. The van der Waals surface area contributed by atoms with Crippen LogP contribution < -0.4 is 0 Å². The molecule has 0 aliphatic rings. The lowest BCUT2D eigenvalue weighted by Crippen LogP contribution is -1.81. The van der Waals surface area contributed by atoms with Gasteiger partial charge in [-0.1, -0.05) is 15.9 Å². The number of nitrogens with zero attached hydrogens (tertiary/aromatic N) is 1. The molecule has 0 bridgehead atoms. The van der Waals surface area contributed by atoms with Crippen molar-refractivity contribution in [2.24, 2.45) is 0 Å². The molecule has 9 heavy (non-hydrogen) atoms. The summed E-state index contributed by atoms with van der Waals surface area (Å²) in [5.74, 6) is -0.285. The van der Waals surface area contributed by atoms with Gasteiger partial charge in [-0.25, -0.2) is 4.39 Å². The van der Waals surface area contributed by atoms with E-state index in [2.05, 4.69) is 20.9 Å². The molecule has 0 atom stereocenters. The van der Waals surface area contributed by atoms with E-state index in [9.17, 15) is 4.39 Å². The Morgan fingerprint density at radius 2 is 2.33 bits per heavy atom. The van der Waals surface area contributed by atoms with E-state index in [-0.39, 0.29) is 5.82 Å². The molecule has 0 fully saturated rings. The molecular weight excluding hydrogens is 185 g/mol. The Balaban J connectivity index is 2.94. The van der Waals surface area contributed by atoms with Crippen LogP contribution in [0.5, 0.6) is 0 Å². The summed E-state index contributed by atoms with van der Waals surface area (Å²) < 4.78 is 12.3. The van der Waals surface area contributed by atoms with Crippen LogP contribution in [0, 0.1) is 5.82 Å². The lowest BCUT2D eigenvalue weighted by atomic mass is 10.3. The van der Waals surface area contributed by atoms with Crippen LogP contribution in [-0.4, -0.2) is 4.98 Å². The molecular formula is C6H5BrFN. The second-order valence-electron chi connectivity index (χ2n) is 1.65. The molecule has 0 aliphatic carbocycles. The van der Waals surface area contributed by atoms with Crippen LogP contribution in [0.15, 0.2) is 18.5 Å². The number of alkyl halides is 1. The van der Waals surface area contributed by atoms with Crippen molar-refractivity contribution in [1.82, 2.24) is 4.98 Å². The molecule has 1 rings (SSSR count). The number of hydrogen-bond donors (Lipinski definition) is 0. The van der Waals surface area contributed by atoms with Crippen LogP contribution in [-0.2, 0) is 5.33 Å². The third kappa shape index (κ3) is 1.75. The van der Waals surface area contributed by atoms with Crippen LogP contribution in [0.2, 0.25) is 0 Å². The predicted molar refractivity (Wildman–Crippen MR) is 36.8 cm³/mol. The Bertz CT molecular complexity index is 202. The first-order valence-electron chi connectivity index (χ1n) is 2.48. The maximum atomic E-state index is 12.3. The van der Waals surface area contributed by atoms with Crippen LogP contribution >= 0.6 is 15.9 Å². The van der Waals surface area contributed by atoms with E-state index in [0.29, 0.717) is 5.33 Å². The molecule has 0 N–H and O–H groups in total. The third-order valence-corrected chi connectivity index (χ3v) is 1.56. The molecule has 0 spiro atoms. The number of pyridine rings is 1. The van der Waals surface area contributed by atoms with Gasteiger partial charge in [0.15, 0.2) is 0 Å². The molecule has 1 aromatic heterocycles. The number of halogens is 2. The summed E-state index contributed by atoms with van der Waals surface area (Å²) in [5.41, 5.74) is 0.856. The van der Waals surface area contributed by atoms with E-state index in [1.807, 2.05) is 0 Å². The Morgan fingerprint density at radius 3 is 2.78 bits per heavy atom. The van der Waals surface area contributed by atoms with Gasteiger partial charge in [-0.15, -0.1) is 0 Å². The van der Waals surface area contributed by atoms with E-state index < -0.39 is 0 Å². The highest BCUT2D eigenvalue weighted by atomic mass is 79.9. The van der Waals surface area contributed by atoms with E-state index in [4.69, 9.17) is 0 Å². The molecule has 1 heterocycles. The van der Waals surface area contributed by atoms with E-state index in [1.165, 1.54) is 12.3 Å². The van der Waals surface area contributed by atoms with E-state index in [0.717, 1.165) is 5.56 Å². The second kappa shape index (κ2) is 2.92. The lowest BCUT2D eigenvalue weighted by Gasteiger charge is -1.90. The fourth-order valence-corrected chi connectivity index (χ4v) is 0.836. The summed E-state index contributed by atoms with van der Waals surface area (Å²) in [4.78, 5) is 3.65. The molecule has 48 valence electrons. The minimum atomic E-state index is -0.285. The van der Waals surface area contributed by atoms with Crippen molar-refractivity contribution in [3.05, 3.63) is 29.8 Å². The second-order valence-corrected chi connectivity index (χ2v) is 2.21. The topological polar surface area (TPSA) is 12.9 Å². The first kappa shape index (κ1) is 6.68. The van der Waals surface area contributed by atoms with Crippen molar-refractivity contribution in [3.63, 3.8) is 0 Å². The van der Waals surface area contributed by atoms with Gasteiger partial charge in [-0.05, 0) is 11.6 Å². The highest BCUT2D eigenvalue weighted by molar-refractivity contribution is 9.08. The standard InChI is InChI=1S/C6H5BrFN/c7-2-5-1-6(8)4-9-3-5/h1,3-4H,2H2. The predicted octanol–water partition coefficient (Wildman–Crippen LogP) is 2.12. The zero-order valence-corrected chi connectivity index (χ0v) is 6.23. The SMILES string of the molecule is Fc1cncc(CBr)c1. The molecule has 0 radical (unpaired) electrons. The molecule has 0 unspecified atom stereocenters. The van der Waals surface area contributed by atoms with Gasteiger partial charge in [-0.2, -0.15) is 0 Å². The van der Waals surface area contributed by atoms with Crippen LogP contribution in [0.3, 0.4) is 0 Å². The molecule has 0 aromatic carbocycles. The molecule has 0 saturated carbocycles. The normalized spacial score (nSPS) is 9.56. The van der Waals surface area contributed by atoms with Gasteiger partial charge in [-0.3, -0.25) is 4.98 Å². The largest absolute Gasteiger partial charge is 0.261 e. The minimum absolute atomic E-state index is 0.285. The maximum Gasteiger partial charge on any atom is 0.141 e. The summed E-state index contributed by atoms with van der Waals surface area (Å²) in [7, 11) is 0. The summed E-state index contributed by atoms with van der Waals surface area (Å²) >= 11 is 3.18. The van der Waals surface area contributed by atoms with Crippen LogP contribution in [0.25, 0.3) is 0 Å². The van der Waals surface area contributed by atoms with Gasteiger partial charge < -0.3 is 0 Å². The van der Waals surface area contributed by atoms with Gasteiger partial charge in [0.2, 0.25) is 0 Å². The van der Waals surface area contributed by atoms with E-state index >= 15 is 0 Å². The lowest BCUT2D eigenvalue weighted by molar-refractivity contribution is 0.620. The van der Waals surface area contributed by atoms with Gasteiger partial charge in [0.1, 0.15) is 5.82 Å². The summed E-state index contributed by atoms with van der Waals surface area (Å²) in [6.07, 6.45) is 2.81. The maximum absolute atomic E-state index is 12.3. The first-order chi connectivity index (χ1) is 4.33. The molecule has 0 amide bonds. The van der Waals surface area contributed by atoms with Gasteiger partial charge in [0, 0.05) is 11.5 Å². The first-order valence-corrected chi connectivity index (χ1v) is 3.60. The third-order valence-electron chi connectivity index (χ3n) is 0.916. The quantitative estimate of drug-likeness (QED) is 0.618. The summed E-state index contributed by atoms with van der Waals surface area (Å²) in [6, 6.07) is 1.45. The van der Waals surface area contributed by atoms with Crippen molar-refractivity contribution in [3.8, 4) is 0 Å².